The molecule has 10 heavy (non-hydrogen) atoms. The zero-order chi connectivity index (χ0) is 7.72. The van der Waals surface area contributed by atoms with Gasteiger partial charge in [0.2, 0.25) is 5.91 Å². The van der Waals surface area contributed by atoms with E-state index in [0.29, 0.717) is 0 Å². The monoisotopic (exact) mass is 139 g/mol. The number of β-lactam (4-membered cyclic amide) rings is 1. The highest BCUT2D eigenvalue weighted by molar-refractivity contribution is 6.06. The molecule has 0 aliphatic carbocycles. The Labute approximate surface area is 59.1 Å². The summed E-state index contributed by atoms with van der Waals surface area (Å²) in [7, 11) is 0. The summed E-state index contributed by atoms with van der Waals surface area (Å²) in [5.74, 6) is -0.747. The summed E-state index contributed by atoms with van der Waals surface area (Å²) < 4.78 is 0. The molecule has 1 amide bonds. The summed E-state index contributed by atoms with van der Waals surface area (Å²) in [5.41, 5.74) is 0. The standard InChI is InChI=1S/C7H9NO2/c1-3-5-6(4(2)9)7(10)8-5/h3,5-6H,1H2,2H3,(H,8,10). The van der Waals surface area contributed by atoms with Crippen molar-refractivity contribution in [3.8, 4) is 0 Å². The zero-order valence-electron chi connectivity index (χ0n) is 5.76. The Morgan fingerprint density at radius 1 is 1.80 bits per heavy atom. The van der Waals surface area contributed by atoms with Crippen molar-refractivity contribution in [2.45, 2.75) is 13.0 Å². The Balaban J connectivity index is 2.64. The number of carbonyl (C=O) groups is 2. The minimum atomic E-state index is -0.475. The van der Waals surface area contributed by atoms with Crippen LogP contribution in [0.5, 0.6) is 0 Å². The second kappa shape index (κ2) is 2.25. The summed E-state index contributed by atoms with van der Waals surface area (Å²) in [6.45, 7) is 4.90. The summed E-state index contributed by atoms with van der Waals surface area (Å²) >= 11 is 0. The molecule has 1 aliphatic heterocycles. The maximum Gasteiger partial charge on any atom is 0.233 e. The first kappa shape index (κ1) is 6.99. The van der Waals surface area contributed by atoms with Crippen molar-refractivity contribution in [1.82, 2.24) is 5.32 Å². The Hall–Kier alpha value is -1.12. The average molecular weight is 139 g/mol. The highest BCUT2D eigenvalue weighted by Crippen LogP contribution is 2.16. The fourth-order valence-electron chi connectivity index (χ4n) is 1.04. The zero-order valence-corrected chi connectivity index (χ0v) is 5.76. The highest BCUT2D eigenvalue weighted by Gasteiger charge is 2.40. The minimum absolute atomic E-state index is 0.0892. The minimum Gasteiger partial charge on any atom is -0.348 e. The number of carbonyl (C=O) groups excluding carboxylic acids is 2. The molecule has 1 heterocycles. The smallest absolute Gasteiger partial charge is 0.233 e. The van der Waals surface area contributed by atoms with Gasteiger partial charge in [0.1, 0.15) is 11.7 Å². The second-order valence-corrected chi connectivity index (χ2v) is 2.36. The molecule has 1 saturated heterocycles. The predicted molar refractivity (Wildman–Crippen MR) is 36.3 cm³/mol. The van der Waals surface area contributed by atoms with E-state index in [0.717, 1.165) is 0 Å². The first-order chi connectivity index (χ1) is 4.66. The van der Waals surface area contributed by atoms with Gasteiger partial charge < -0.3 is 5.32 Å². The van der Waals surface area contributed by atoms with Crippen LogP contribution in [-0.2, 0) is 9.59 Å². The number of rotatable bonds is 2. The predicted octanol–water partition coefficient (Wildman–Crippen LogP) is -0.124. The van der Waals surface area contributed by atoms with E-state index in [2.05, 4.69) is 11.9 Å². The van der Waals surface area contributed by atoms with Crippen LogP contribution in [0.2, 0.25) is 0 Å². The lowest BCUT2D eigenvalue weighted by Gasteiger charge is -2.32. The fraction of sp³-hybridized carbons (Fsp3) is 0.429. The molecule has 0 radical (unpaired) electrons. The first-order valence-electron chi connectivity index (χ1n) is 3.10. The normalized spacial score (nSPS) is 30.3. The Morgan fingerprint density at radius 3 is 2.60 bits per heavy atom. The summed E-state index contributed by atoms with van der Waals surface area (Å²) in [6, 6.07) is -0.134. The van der Waals surface area contributed by atoms with Gasteiger partial charge in [-0.2, -0.15) is 0 Å². The van der Waals surface area contributed by atoms with Gasteiger partial charge >= 0.3 is 0 Å². The van der Waals surface area contributed by atoms with Crippen LogP contribution in [0.3, 0.4) is 0 Å². The van der Waals surface area contributed by atoms with E-state index in [-0.39, 0.29) is 17.7 Å². The van der Waals surface area contributed by atoms with Crippen molar-refractivity contribution in [2.75, 3.05) is 0 Å². The third-order valence-corrected chi connectivity index (χ3v) is 1.64. The maximum atomic E-state index is 10.7. The van der Waals surface area contributed by atoms with Crippen LogP contribution in [0.4, 0.5) is 0 Å². The first-order valence-corrected chi connectivity index (χ1v) is 3.10. The highest BCUT2D eigenvalue weighted by atomic mass is 16.2. The van der Waals surface area contributed by atoms with Gasteiger partial charge in [-0.15, -0.1) is 6.58 Å². The molecule has 54 valence electrons. The van der Waals surface area contributed by atoms with Gasteiger partial charge in [0.05, 0.1) is 6.04 Å². The lowest BCUT2D eigenvalue weighted by Crippen LogP contribution is -2.59. The van der Waals surface area contributed by atoms with Crippen LogP contribution in [0.15, 0.2) is 12.7 Å². The molecule has 0 aromatic carbocycles. The SMILES string of the molecule is C=CC1NC(=O)C1C(C)=O. The second-order valence-electron chi connectivity index (χ2n) is 2.36. The molecular weight excluding hydrogens is 130 g/mol. The number of ketones is 1. The average Bonchev–Trinajstić information content (AvgIpc) is 1.80. The van der Waals surface area contributed by atoms with E-state index in [1.54, 1.807) is 6.08 Å². The van der Waals surface area contributed by atoms with E-state index >= 15 is 0 Å². The van der Waals surface area contributed by atoms with Gasteiger partial charge in [-0.3, -0.25) is 9.59 Å². The van der Waals surface area contributed by atoms with Crippen LogP contribution >= 0.6 is 0 Å². The molecule has 1 aliphatic rings. The molecule has 0 bridgehead atoms. The summed E-state index contributed by atoms with van der Waals surface area (Å²) in [6.07, 6.45) is 1.58. The largest absolute Gasteiger partial charge is 0.348 e. The third-order valence-electron chi connectivity index (χ3n) is 1.64. The number of amides is 1. The fourth-order valence-corrected chi connectivity index (χ4v) is 1.04. The Kier molecular flexibility index (Phi) is 1.57. The molecule has 0 spiro atoms. The Morgan fingerprint density at radius 2 is 2.40 bits per heavy atom. The molecule has 1 fully saturated rings. The van der Waals surface area contributed by atoms with E-state index in [1.165, 1.54) is 6.92 Å². The van der Waals surface area contributed by atoms with Crippen LogP contribution < -0.4 is 5.32 Å². The van der Waals surface area contributed by atoms with E-state index in [1.807, 2.05) is 0 Å². The summed E-state index contributed by atoms with van der Waals surface area (Å²) in [5, 5.41) is 2.55. The van der Waals surface area contributed by atoms with Crippen molar-refractivity contribution >= 4 is 11.7 Å². The molecule has 0 aromatic rings. The number of hydrogen-bond acceptors (Lipinski definition) is 2. The van der Waals surface area contributed by atoms with Crippen molar-refractivity contribution < 1.29 is 9.59 Å². The van der Waals surface area contributed by atoms with Gasteiger partial charge in [-0.05, 0) is 6.92 Å². The van der Waals surface area contributed by atoms with Gasteiger partial charge in [0.15, 0.2) is 0 Å². The molecular formula is C7H9NO2. The molecule has 2 unspecified atom stereocenters. The quantitative estimate of drug-likeness (QED) is 0.329. The maximum absolute atomic E-state index is 10.7. The van der Waals surface area contributed by atoms with Crippen LogP contribution in [0.1, 0.15) is 6.92 Å². The van der Waals surface area contributed by atoms with Crippen LogP contribution in [0.25, 0.3) is 0 Å². The molecule has 0 aromatic heterocycles. The van der Waals surface area contributed by atoms with E-state index in [9.17, 15) is 9.59 Å². The van der Waals surface area contributed by atoms with Crippen LogP contribution in [0, 0.1) is 5.92 Å². The van der Waals surface area contributed by atoms with Gasteiger partial charge in [-0.25, -0.2) is 0 Å². The molecule has 1 rings (SSSR count). The van der Waals surface area contributed by atoms with E-state index in [4.69, 9.17) is 0 Å². The topological polar surface area (TPSA) is 46.2 Å². The van der Waals surface area contributed by atoms with Crippen molar-refractivity contribution in [1.29, 1.82) is 0 Å². The third kappa shape index (κ3) is 0.835. The molecule has 3 heteroatoms. The summed E-state index contributed by atoms with van der Waals surface area (Å²) in [4.78, 5) is 21.4. The van der Waals surface area contributed by atoms with Crippen molar-refractivity contribution in [2.24, 2.45) is 5.92 Å². The Bertz CT molecular complexity index is 190. The van der Waals surface area contributed by atoms with E-state index < -0.39 is 5.92 Å². The number of Topliss-reactive ketones (excluding diaryl/α,β-unsaturated/α-hetero) is 1. The number of hydrogen-bond donors (Lipinski definition) is 1. The van der Waals surface area contributed by atoms with Crippen LogP contribution in [-0.4, -0.2) is 17.7 Å². The van der Waals surface area contributed by atoms with Crippen molar-refractivity contribution in [3.05, 3.63) is 12.7 Å². The van der Waals surface area contributed by atoms with Crippen molar-refractivity contribution in [3.63, 3.8) is 0 Å². The van der Waals surface area contributed by atoms with Gasteiger partial charge in [0.25, 0.3) is 0 Å². The molecule has 3 nitrogen and oxygen atoms in total. The lowest BCUT2D eigenvalue weighted by molar-refractivity contribution is -0.141. The van der Waals surface area contributed by atoms with Gasteiger partial charge in [-0.1, -0.05) is 6.08 Å². The molecule has 2 atom stereocenters. The molecule has 0 saturated carbocycles. The lowest BCUT2D eigenvalue weighted by atomic mass is 9.87. The van der Waals surface area contributed by atoms with Gasteiger partial charge in [0, 0.05) is 0 Å². The molecule has 1 N–H and O–H groups in total. The number of nitrogens with one attached hydrogen (secondary N) is 1.